The minimum absolute atomic E-state index is 0.0105. The van der Waals surface area contributed by atoms with E-state index in [-0.39, 0.29) is 6.03 Å². The number of aliphatic carboxylic acids is 1. The summed E-state index contributed by atoms with van der Waals surface area (Å²) in [5, 5.41) is 12.4. The first-order valence-corrected chi connectivity index (χ1v) is 7.81. The van der Waals surface area contributed by atoms with Gasteiger partial charge in [0, 0.05) is 19.1 Å². The molecule has 0 radical (unpaired) electrons. The molecule has 2 N–H and O–H groups in total. The van der Waals surface area contributed by atoms with Crippen molar-refractivity contribution in [1.29, 1.82) is 0 Å². The van der Waals surface area contributed by atoms with Crippen LogP contribution in [0.15, 0.2) is 0 Å². The lowest BCUT2D eigenvalue weighted by molar-refractivity contribution is -0.151. The highest BCUT2D eigenvalue weighted by molar-refractivity contribution is 5.77. The molecule has 5 heteroatoms. The van der Waals surface area contributed by atoms with Crippen LogP contribution >= 0.6 is 0 Å². The van der Waals surface area contributed by atoms with Gasteiger partial charge in [0.1, 0.15) is 0 Å². The summed E-state index contributed by atoms with van der Waals surface area (Å²) in [7, 11) is 0. The second kappa shape index (κ2) is 6.02. The van der Waals surface area contributed by atoms with Crippen LogP contribution in [0, 0.1) is 11.3 Å². The number of urea groups is 1. The standard InChI is InChI=1S/C15H26N2O3/c1-3-5-11-10-12(11)16-14(20)17-8-6-15(4-2,7-9-17)13(18)19/h11-12H,3-10H2,1-2H3,(H,16,20)(H,18,19). The molecule has 1 aliphatic carbocycles. The zero-order valence-electron chi connectivity index (χ0n) is 12.5. The molecular weight excluding hydrogens is 256 g/mol. The molecule has 0 aromatic rings. The minimum Gasteiger partial charge on any atom is -0.481 e. The van der Waals surface area contributed by atoms with Crippen molar-refractivity contribution in [3.63, 3.8) is 0 Å². The maximum absolute atomic E-state index is 12.1. The van der Waals surface area contributed by atoms with Gasteiger partial charge < -0.3 is 15.3 Å². The molecule has 2 amide bonds. The van der Waals surface area contributed by atoms with Gasteiger partial charge in [0.2, 0.25) is 0 Å². The van der Waals surface area contributed by atoms with Crippen LogP contribution in [0.1, 0.15) is 52.4 Å². The molecule has 5 nitrogen and oxygen atoms in total. The fourth-order valence-corrected chi connectivity index (χ4v) is 3.22. The van der Waals surface area contributed by atoms with E-state index >= 15 is 0 Å². The molecule has 0 spiro atoms. The van der Waals surface area contributed by atoms with Gasteiger partial charge in [0.25, 0.3) is 0 Å². The van der Waals surface area contributed by atoms with Gasteiger partial charge in [-0.05, 0) is 38.0 Å². The summed E-state index contributed by atoms with van der Waals surface area (Å²) in [5.74, 6) is -0.0623. The zero-order valence-corrected chi connectivity index (χ0v) is 12.5. The lowest BCUT2D eigenvalue weighted by Gasteiger charge is -2.38. The molecule has 114 valence electrons. The maximum Gasteiger partial charge on any atom is 0.317 e. The molecule has 2 aliphatic rings. The summed E-state index contributed by atoms with van der Waals surface area (Å²) >= 11 is 0. The number of carboxylic acid groups (broad SMARTS) is 1. The first kappa shape index (κ1) is 15.1. The van der Waals surface area contributed by atoms with Crippen molar-refractivity contribution in [3.8, 4) is 0 Å². The minimum atomic E-state index is -0.717. The molecule has 2 rings (SSSR count). The van der Waals surface area contributed by atoms with Crippen molar-refractivity contribution >= 4 is 12.0 Å². The van der Waals surface area contributed by atoms with E-state index in [0.717, 1.165) is 6.42 Å². The van der Waals surface area contributed by atoms with Gasteiger partial charge in [0.15, 0.2) is 0 Å². The first-order chi connectivity index (χ1) is 9.52. The van der Waals surface area contributed by atoms with E-state index in [0.29, 0.717) is 44.3 Å². The molecule has 0 aromatic carbocycles. The van der Waals surface area contributed by atoms with Gasteiger partial charge in [-0.15, -0.1) is 0 Å². The molecule has 1 saturated carbocycles. The average molecular weight is 282 g/mol. The summed E-state index contributed by atoms with van der Waals surface area (Å²) in [6, 6.07) is 0.337. The van der Waals surface area contributed by atoms with E-state index in [1.807, 2.05) is 6.92 Å². The third kappa shape index (κ3) is 3.07. The molecule has 0 aromatic heterocycles. The van der Waals surface area contributed by atoms with E-state index in [1.54, 1.807) is 4.90 Å². The molecule has 1 heterocycles. The lowest BCUT2D eigenvalue weighted by atomic mass is 9.76. The summed E-state index contributed by atoms with van der Waals surface area (Å²) in [6.07, 6.45) is 5.21. The number of rotatable bonds is 5. The number of nitrogens with one attached hydrogen (secondary N) is 1. The van der Waals surface area contributed by atoms with Gasteiger partial charge in [-0.3, -0.25) is 4.79 Å². The Morgan fingerprint density at radius 3 is 2.45 bits per heavy atom. The maximum atomic E-state index is 12.1. The number of carbonyl (C=O) groups is 2. The van der Waals surface area contributed by atoms with Crippen LogP contribution in [0.4, 0.5) is 4.79 Å². The van der Waals surface area contributed by atoms with Crippen molar-refractivity contribution in [1.82, 2.24) is 10.2 Å². The Bertz CT molecular complexity index is 375. The van der Waals surface area contributed by atoms with Crippen LogP contribution in [-0.2, 0) is 4.79 Å². The summed E-state index contributed by atoms with van der Waals surface area (Å²) < 4.78 is 0. The van der Waals surface area contributed by atoms with Gasteiger partial charge in [0.05, 0.1) is 5.41 Å². The number of hydrogen-bond acceptors (Lipinski definition) is 2. The molecule has 1 aliphatic heterocycles. The van der Waals surface area contributed by atoms with Crippen LogP contribution in [0.3, 0.4) is 0 Å². The Hall–Kier alpha value is -1.26. The fraction of sp³-hybridized carbons (Fsp3) is 0.867. The topological polar surface area (TPSA) is 69.6 Å². The number of carbonyl (C=O) groups excluding carboxylic acids is 1. The monoisotopic (exact) mass is 282 g/mol. The Morgan fingerprint density at radius 2 is 1.95 bits per heavy atom. The normalized spacial score (nSPS) is 28.0. The van der Waals surface area contributed by atoms with E-state index in [1.165, 1.54) is 12.8 Å². The molecule has 1 saturated heterocycles. The van der Waals surface area contributed by atoms with Crippen LogP contribution < -0.4 is 5.32 Å². The number of hydrogen-bond donors (Lipinski definition) is 2. The molecule has 0 bridgehead atoms. The zero-order chi connectivity index (χ0) is 14.8. The van der Waals surface area contributed by atoms with Gasteiger partial charge in [-0.25, -0.2) is 4.79 Å². The summed E-state index contributed by atoms with van der Waals surface area (Å²) in [6.45, 7) is 5.19. The fourth-order valence-electron chi connectivity index (χ4n) is 3.22. The third-order valence-corrected chi connectivity index (χ3v) is 5.03. The number of carboxylic acids is 1. The van der Waals surface area contributed by atoms with Crippen molar-refractivity contribution in [2.24, 2.45) is 11.3 Å². The molecule has 20 heavy (non-hydrogen) atoms. The van der Waals surface area contributed by atoms with E-state index in [2.05, 4.69) is 12.2 Å². The van der Waals surface area contributed by atoms with Crippen LogP contribution in [-0.4, -0.2) is 41.1 Å². The molecular formula is C15H26N2O3. The van der Waals surface area contributed by atoms with Crippen LogP contribution in [0.5, 0.6) is 0 Å². The van der Waals surface area contributed by atoms with Gasteiger partial charge in [-0.2, -0.15) is 0 Å². The van der Waals surface area contributed by atoms with Crippen molar-refractivity contribution in [2.75, 3.05) is 13.1 Å². The number of amides is 2. The van der Waals surface area contributed by atoms with E-state index in [4.69, 9.17) is 0 Å². The highest BCUT2D eigenvalue weighted by atomic mass is 16.4. The molecule has 2 unspecified atom stereocenters. The summed E-state index contributed by atoms with van der Waals surface area (Å²) in [5.41, 5.74) is -0.624. The summed E-state index contributed by atoms with van der Waals surface area (Å²) in [4.78, 5) is 25.3. The van der Waals surface area contributed by atoms with Crippen LogP contribution in [0.2, 0.25) is 0 Å². The number of likely N-dealkylation sites (tertiary alicyclic amines) is 1. The van der Waals surface area contributed by atoms with Gasteiger partial charge in [-0.1, -0.05) is 20.3 Å². The highest BCUT2D eigenvalue weighted by Gasteiger charge is 2.42. The Morgan fingerprint density at radius 1 is 1.30 bits per heavy atom. The molecule has 2 fully saturated rings. The molecule has 2 atom stereocenters. The highest BCUT2D eigenvalue weighted by Crippen LogP contribution is 2.37. The van der Waals surface area contributed by atoms with Crippen molar-refractivity contribution < 1.29 is 14.7 Å². The Kier molecular flexibility index (Phi) is 4.55. The third-order valence-electron chi connectivity index (χ3n) is 5.03. The largest absolute Gasteiger partial charge is 0.481 e. The lowest BCUT2D eigenvalue weighted by Crippen LogP contribution is -2.50. The van der Waals surface area contributed by atoms with Crippen LogP contribution in [0.25, 0.3) is 0 Å². The average Bonchev–Trinajstić information content (AvgIpc) is 3.16. The van der Waals surface area contributed by atoms with E-state index in [9.17, 15) is 14.7 Å². The number of nitrogens with zero attached hydrogens (tertiary/aromatic N) is 1. The van der Waals surface area contributed by atoms with Crippen molar-refractivity contribution in [3.05, 3.63) is 0 Å². The number of piperidine rings is 1. The predicted molar refractivity (Wildman–Crippen MR) is 76.5 cm³/mol. The SMILES string of the molecule is CCCC1CC1NC(=O)N1CCC(CC)(C(=O)O)CC1. The smallest absolute Gasteiger partial charge is 0.317 e. The first-order valence-electron chi connectivity index (χ1n) is 7.81. The second-order valence-corrected chi connectivity index (χ2v) is 6.27. The van der Waals surface area contributed by atoms with E-state index < -0.39 is 11.4 Å². The Balaban J connectivity index is 1.79. The second-order valence-electron chi connectivity index (χ2n) is 6.27. The van der Waals surface area contributed by atoms with Gasteiger partial charge >= 0.3 is 12.0 Å². The quantitative estimate of drug-likeness (QED) is 0.813. The Labute approximate surface area is 120 Å². The predicted octanol–water partition coefficient (Wildman–Crippen LogP) is 2.46. The van der Waals surface area contributed by atoms with Crippen molar-refractivity contribution in [2.45, 2.75) is 58.4 Å².